The summed E-state index contributed by atoms with van der Waals surface area (Å²) in [6, 6.07) is 3.94. The van der Waals surface area contributed by atoms with Crippen molar-refractivity contribution in [3.63, 3.8) is 0 Å². The normalized spacial score (nSPS) is 20.5. The Hall–Kier alpha value is -2.32. The number of carboxylic acid groups (broad SMARTS) is 1. The number of morpholine rings is 1. The molecule has 25 heavy (non-hydrogen) atoms. The minimum absolute atomic E-state index is 0.180. The van der Waals surface area contributed by atoms with Gasteiger partial charge in [0.15, 0.2) is 0 Å². The van der Waals surface area contributed by atoms with E-state index in [1.54, 1.807) is 18.2 Å². The van der Waals surface area contributed by atoms with Crippen molar-refractivity contribution in [1.29, 1.82) is 0 Å². The lowest BCUT2D eigenvalue weighted by Gasteiger charge is -2.35. The fraction of sp³-hybridized carbons (Fsp3) is 0.438. The van der Waals surface area contributed by atoms with Crippen molar-refractivity contribution in [2.45, 2.75) is 12.5 Å². The Bertz CT molecular complexity index is 711. The van der Waals surface area contributed by atoms with Gasteiger partial charge in [0.05, 0.1) is 36.4 Å². The van der Waals surface area contributed by atoms with Gasteiger partial charge in [-0.05, 0) is 18.2 Å². The summed E-state index contributed by atoms with van der Waals surface area (Å²) < 4.78 is 5.30. The zero-order valence-corrected chi connectivity index (χ0v) is 14.2. The molecular weight excluding hydrogens is 350 g/mol. The van der Waals surface area contributed by atoms with E-state index in [1.165, 1.54) is 9.80 Å². The van der Waals surface area contributed by atoms with Crippen LogP contribution in [0.2, 0.25) is 5.02 Å². The number of nitrogens with zero attached hydrogens (tertiary/aromatic N) is 2. The molecule has 0 bridgehead atoms. The Balaban J connectivity index is 1.86. The van der Waals surface area contributed by atoms with Gasteiger partial charge in [0, 0.05) is 25.2 Å². The number of urea groups is 1. The first kappa shape index (κ1) is 17.5. The maximum absolute atomic E-state index is 12.9. The van der Waals surface area contributed by atoms with E-state index in [9.17, 15) is 14.4 Å². The second-order valence-electron chi connectivity index (χ2n) is 5.87. The van der Waals surface area contributed by atoms with Crippen LogP contribution in [0.25, 0.3) is 0 Å². The molecule has 8 nitrogen and oxygen atoms in total. The van der Waals surface area contributed by atoms with Crippen molar-refractivity contribution in [1.82, 2.24) is 10.2 Å². The van der Waals surface area contributed by atoms with Gasteiger partial charge in [-0.3, -0.25) is 14.5 Å². The largest absolute Gasteiger partial charge is 0.481 e. The van der Waals surface area contributed by atoms with Gasteiger partial charge in [-0.2, -0.15) is 0 Å². The van der Waals surface area contributed by atoms with Gasteiger partial charge >= 0.3 is 12.0 Å². The van der Waals surface area contributed by atoms with E-state index < -0.39 is 12.0 Å². The SMILES string of the molecule is O=C(O)CC1COCCN1C(=O)c1ccc(Cl)c(N2CCNC2=O)c1. The summed E-state index contributed by atoms with van der Waals surface area (Å²) in [4.78, 5) is 38.7. The predicted molar refractivity (Wildman–Crippen MR) is 90.1 cm³/mol. The lowest BCUT2D eigenvalue weighted by atomic mass is 10.1. The summed E-state index contributed by atoms with van der Waals surface area (Å²) in [6.45, 7) is 1.84. The minimum atomic E-state index is -0.987. The molecule has 1 atom stereocenters. The molecule has 134 valence electrons. The third kappa shape index (κ3) is 3.69. The number of benzene rings is 1. The number of halogens is 1. The van der Waals surface area contributed by atoms with Crippen LogP contribution in [0.5, 0.6) is 0 Å². The van der Waals surface area contributed by atoms with Gasteiger partial charge in [-0.25, -0.2) is 4.79 Å². The number of nitrogens with one attached hydrogen (secondary N) is 1. The third-order valence-corrected chi connectivity index (χ3v) is 4.56. The van der Waals surface area contributed by atoms with E-state index in [1.807, 2.05) is 0 Å². The molecule has 2 fully saturated rings. The fourth-order valence-electron chi connectivity index (χ4n) is 3.01. The Kier molecular flexibility index (Phi) is 5.10. The minimum Gasteiger partial charge on any atom is -0.481 e. The average molecular weight is 368 g/mol. The molecule has 0 aromatic heterocycles. The highest BCUT2D eigenvalue weighted by Crippen LogP contribution is 2.29. The number of ether oxygens (including phenoxy) is 1. The summed E-state index contributed by atoms with van der Waals surface area (Å²) in [6.07, 6.45) is -0.180. The van der Waals surface area contributed by atoms with E-state index in [0.29, 0.717) is 42.5 Å². The quantitative estimate of drug-likeness (QED) is 0.832. The highest BCUT2D eigenvalue weighted by molar-refractivity contribution is 6.34. The van der Waals surface area contributed by atoms with E-state index in [-0.39, 0.29) is 25.0 Å². The van der Waals surface area contributed by atoms with Crippen LogP contribution in [-0.2, 0) is 9.53 Å². The monoisotopic (exact) mass is 367 g/mol. The predicted octanol–water partition coefficient (Wildman–Crippen LogP) is 1.19. The fourth-order valence-corrected chi connectivity index (χ4v) is 3.23. The molecule has 9 heteroatoms. The van der Waals surface area contributed by atoms with E-state index in [4.69, 9.17) is 21.4 Å². The van der Waals surface area contributed by atoms with Crippen molar-refractivity contribution in [2.24, 2.45) is 0 Å². The molecule has 2 saturated heterocycles. The van der Waals surface area contributed by atoms with Gasteiger partial charge in [0.1, 0.15) is 0 Å². The van der Waals surface area contributed by atoms with Crippen molar-refractivity contribution < 1.29 is 24.2 Å². The van der Waals surface area contributed by atoms with E-state index in [0.717, 1.165) is 0 Å². The zero-order chi connectivity index (χ0) is 18.0. The maximum Gasteiger partial charge on any atom is 0.322 e. The number of carbonyl (C=O) groups excluding carboxylic acids is 2. The first-order valence-electron chi connectivity index (χ1n) is 7.93. The van der Waals surface area contributed by atoms with Crippen LogP contribution in [-0.4, -0.2) is 66.8 Å². The molecule has 3 rings (SSSR count). The first-order chi connectivity index (χ1) is 12.0. The molecule has 0 spiro atoms. The molecule has 1 aromatic carbocycles. The van der Waals surface area contributed by atoms with Crippen LogP contribution in [0, 0.1) is 0 Å². The highest BCUT2D eigenvalue weighted by atomic mass is 35.5. The van der Waals surface area contributed by atoms with Gasteiger partial charge in [0.2, 0.25) is 0 Å². The van der Waals surface area contributed by atoms with Crippen LogP contribution in [0.15, 0.2) is 18.2 Å². The number of carboxylic acids is 1. The van der Waals surface area contributed by atoms with Crippen LogP contribution < -0.4 is 10.2 Å². The average Bonchev–Trinajstić information content (AvgIpc) is 3.00. The number of amides is 3. The van der Waals surface area contributed by atoms with Crippen LogP contribution >= 0.6 is 11.6 Å². The summed E-state index contributed by atoms with van der Waals surface area (Å²) in [7, 11) is 0. The first-order valence-corrected chi connectivity index (χ1v) is 8.30. The number of hydrogen-bond acceptors (Lipinski definition) is 4. The second kappa shape index (κ2) is 7.28. The van der Waals surface area contributed by atoms with Gasteiger partial charge in [-0.15, -0.1) is 0 Å². The standard InChI is InChI=1S/C16H18ClN3O5/c17-12-2-1-10(7-13(12)20-4-3-18-16(20)24)15(23)19-5-6-25-9-11(19)8-14(21)22/h1-2,7,11H,3-6,8-9H2,(H,18,24)(H,21,22). The van der Waals surface area contributed by atoms with E-state index in [2.05, 4.69) is 5.32 Å². The van der Waals surface area contributed by atoms with Crippen molar-refractivity contribution in [3.05, 3.63) is 28.8 Å². The third-order valence-electron chi connectivity index (χ3n) is 4.24. The highest BCUT2D eigenvalue weighted by Gasteiger charge is 2.31. The van der Waals surface area contributed by atoms with Crippen LogP contribution in [0.4, 0.5) is 10.5 Å². The molecular formula is C16H18ClN3O5. The summed E-state index contributed by atoms with van der Waals surface area (Å²) in [5.41, 5.74) is 0.821. The topological polar surface area (TPSA) is 99.2 Å². The zero-order valence-electron chi connectivity index (χ0n) is 13.4. The molecule has 3 amide bonds. The molecule has 2 aliphatic rings. The lowest BCUT2D eigenvalue weighted by Crippen LogP contribution is -2.49. The summed E-state index contributed by atoms with van der Waals surface area (Å²) in [5.74, 6) is -1.29. The molecule has 2 aliphatic heterocycles. The Morgan fingerprint density at radius 2 is 2.16 bits per heavy atom. The summed E-state index contributed by atoms with van der Waals surface area (Å²) >= 11 is 6.19. The number of aliphatic carboxylic acids is 1. The van der Waals surface area contributed by atoms with E-state index >= 15 is 0 Å². The van der Waals surface area contributed by atoms with Gasteiger partial charge < -0.3 is 20.1 Å². The number of anilines is 1. The molecule has 0 radical (unpaired) electrons. The van der Waals surface area contributed by atoms with Crippen molar-refractivity contribution >= 4 is 35.2 Å². The maximum atomic E-state index is 12.9. The van der Waals surface area contributed by atoms with Crippen molar-refractivity contribution in [2.75, 3.05) is 37.7 Å². The molecule has 0 saturated carbocycles. The smallest absolute Gasteiger partial charge is 0.322 e. The Morgan fingerprint density at radius 3 is 2.84 bits per heavy atom. The summed E-state index contributed by atoms with van der Waals surface area (Å²) in [5, 5.41) is 12.1. The Morgan fingerprint density at radius 1 is 1.36 bits per heavy atom. The molecule has 1 unspecified atom stereocenters. The molecule has 1 aromatic rings. The van der Waals surface area contributed by atoms with Gasteiger partial charge in [-0.1, -0.05) is 11.6 Å². The number of rotatable bonds is 4. The number of carbonyl (C=O) groups is 3. The lowest BCUT2D eigenvalue weighted by molar-refractivity contribution is -0.139. The molecule has 0 aliphatic carbocycles. The molecule has 2 N–H and O–H groups in total. The Labute approximate surface area is 149 Å². The van der Waals surface area contributed by atoms with Crippen LogP contribution in [0.1, 0.15) is 16.8 Å². The van der Waals surface area contributed by atoms with Gasteiger partial charge in [0.25, 0.3) is 5.91 Å². The molecule has 2 heterocycles. The number of hydrogen-bond donors (Lipinski definition) is 2. The van der Waals surface area contributed by atoms with Crippen molar-refractivity contribution in [3.8, 4) is 0 Å². The van der Waals surface area contributed by atoms with Crippen LogP contribution in [0.3, 0.4) is 0 Å². The second-order valence-corrected chi connectivity index (χ2v) is 6.28.